The van der Waals surface area contributed by atoms with E-state index in [4.69, 9.17) is 0 Å². The first-order valence-electron chi connectivity index (χ1n) is 9.90. The Morgan fingerprint density at radius 3 is 2.52 bits per heavy atom. The van der Waals surface area contributed by atoms with E-state index in [0.717, 1.165) is 32.2 Å². The molecule has 2 atom stereocenters. The highest BCUT2D eigenvalue weighted by atomic mass is 32.2. The first-order valence-corrected chi connectivity index (χ1v) is 11.8. The first kappa shape index (κ1) is 20.1. The Labute approximate surface area is 163 Å². The van der Waals surface area contributed by atoms with Gasteiger partial charge in [0.25, 0.3) is 0 Å². The molecule has 1 saturated heterocycles. The van der Waals surface area contributed by atoms with E-state index in [2.05, 4.69) is 9.62 Å². The molecule has 3 rings (SSSR count). The van der Waals surface area contributed by atoms with Gasteiger partial charge >= 0.3 is 0 Å². The quantitative estimate of drug-likeness (QED) is 0.806. The van der Waals surface area contributed by atoms with Gasteiger partial charge in [-0.25, -0.2) is 8.42 Å². The number of anilines is 1. The average molecular weight is 394 g/mol. The van der Waals surface area contributed by atoms with Gasteiger partial charge in [0, 0.05) is 19.1 Å². The van der Waals surface area contributed by atoms with E-state index in [0.29, 0.717) is 17.3 Å². The first-order chi connectivity index (χ1) is 12.8. The highest BCUT2D eigenvalue weighted by Gasteiger charge is 2.35. The van der Waals surface area contributed by atoms with Gasteiger partial charge in [-0.2, -0.15) is 0 Å². The molecule has 7 heteroatoms. The van der Waals surface area contributed by atoms with Crippen LogP contribution in [0, 0.1) is 0 Å². The van der Waals surface area contributed by atoms with E-state index in [1.54, 1.807) is 12.1 Å². The third kappa shape index (κ3) is 5.23. The third-order valence-electron chi connectivity index (χ3n) is 5.85. The number of nitrogens with one attached hydrogen (secondary N) is 1. The lowest BCUT2D eigenvalue weighted by Gasteiger charge is -2.42. The Hall–Kier alpha value is -1.60. The van der Waals surface area contributed by atoms with E-state index in [1.165, 1.54) is 25.7 Å². The summed E-state index contributed by atoms with van der Waals surface area (Å²) >= 11 is 0. The molecule has 1 aliphatic heterocycles. The van der Waals surface area contributed by atoms with Crippen LogP contribution in [0.15, 0.2) is 24.3 Å². The summed E-state index contributed by atoms with van der Waals surface area (Å²) in [6, 6.07) is 7.84. The number of rotatable bonds is 6. The maximum atomic E-state index is 13.0. The van der Waals surface area contributed by atoms with Gasteiger partial charge in [-0.15, -0.1) is 0 Å². The second kappa shape index (κ2) is 8.61. The van der Waals surface area contributed by atoms with Crippen LogP contribution in [0.3, 0.4) is 0 Å². The van der Waals surface area contributed by atoms with Gasteiger partial charge in [0.1, 0.15) is 0 Å². The molecule has 1 amide bonds. The zero-order chi connectivity index (χ0) is 19.4. The molecule has 0 spiro atoms. The lowest BCUT2D eigenvalue weighted by atomic mass is 9.88. The molecule has 27 heavy (non-hydrogen) atoms. The molecular weight excluding hydrogens is 362 g/mol. The molecule has 1 heterocycles. The van der Waals surface area contributed by atoms with Crippen molar-refractivity contribution in [2.45, 2.75) is 57.0 Å². The Balaban J connectivity index is 1.71. The summed E-state index contributed by atoms with van der Waals surface area (Å²) < 4.78 is 25.7. The zero-order valence-electron chi connectivity index (χ0n) is 16.4. The van der Waals surface area contributed by atoms with E-state index < -0.39 is 10.0 Å². The third-order valence-corrected chi connectivity index (χ3v) is 6.44. The molecule has 1 aromatic rings. The number of nitrogens with zero attached hydrogens (tertiary/aromatic N) is 2. The Morgan fingerprint density at radius 2 is 1.81 bits per heavy atom. The van der Waals surface area contributed by atoms with Crippen LogP contribution in [0.4, 0.5) is 5.69 Å². The van der Waals surface area contributed by atoms with Gasteiger partial charge in [0.05, 0.1) is 18.4 Å². The van der Waals surface area contributed by atoms with Gasteiger partial charge < -0.3 is 4.90 Å². The Morgan fingerprint density at radius 1 is 1.15 bits per heavy atom. The van der Waals surface area contributed by atoms with E-state index >= 15 is 0 Å². The van der Waals surface area contributed by atoms with E-state index in [-0.39, 0.29) is 18.4 Å². The highest BCUT2D eigenvalue weighted by Crippen LogP contribution is 2.29. The van der Waals surface area contributed by atoms with Crippen molar-refractivity contribution in [2.75, 3.05) is 31.1 Å². The number of benzene rings is 1. The van der Waals surface area contributed by atoms with Crippen molar-refractivity contribution in [2.24, 2.45) is 0 Å². The largest absolute Gasteiger partial charge is 0.341 e. The molecule has 150 valence electrons. The van der Waals surface area contributed by atoms with Crippen molar-refractivity contribution < 1.29 is 13.2 Å². The van der Waals surface area contributed by atoms with Gasteiger partial charge in [-0.05, 0) is 50.4 Å². The maximum Gasteiger partial charge on any atom is 0.229 e. The summed E-state index contributed by atoms with van der Waals surface area (Å²) in [6.07, 6.45) is 8.45. The maximum absolute atomic E-state index is 13.0. The predicted octanol–water partition coefficient (Wildman–Crippen LogP) is 2.47. The summed E-state index contributed by atoms with van der Waals surface area (Å²) in [4.78, 5) is 17.5. The van der Waals surface area contributed by atoms with Crippen LogP contribution in [0.25, 0.3) is 0 Å². The number of likely N-dealkylation sites (N-methyl/N-ethyl adjacent to an activating group) is 1. The van der Waals surface area contributed by atoms with Gasteiger partial charge in [-0.3, -0.25) is 14.4 Å². The SMILES string of the molecule is CN(C(=O)Cc1ccccc1NS(C)(=O)=O)[C@H]1CCCC[C@@H]1N1CCCC1. The molecule has 0 unspecified atom stereocenters. The monoisotopic (exact) mass is 393 g/mol. The van der Waals surface area contributed by atoms with E-state index in [9.17, 15) is 13.2 Å². The Kier molecular flexibility index (Phi) is 6.42. The standard InChI is InChI=1S/C20H31N3O3S/c1-22(18-11-5-6-12-19(18)23-13-7-8-14-23)20(24)15-16-9-3-4-10-17(16)21-27(2,25)26/h3-4,9-10,18-19,21H,5-8,11-15H2,1-2H3/t18-,19-/m0/s1. The number of carbonyl (C=O) groups excluding carboxylic acids is 1. The van der Waals surface area contributed by atoms with Crippen LogP contribution in [0.1, 0.15) is 44.1 Å². The van der Waals surface area contributed by atoms with Crippen LogP contribution in [0.2, 0.25) is 0 Å². The second-order valence-electron chi connectivity index (χ2n) is 7.88. The fourth-order valence-electron chi connectivity index (χ4n) is 4.49. The summed E-state index contributed by atoms with van der Waals surface area (Å²) in [5.41, 5.74) is 1.20. The number of likely N-dealkylation sites (tertiary alicyclic amines) is 1. The molecule has 2 aliphatic rings. The number of amides is 1. The van der Waals surface area contributed by atoms with Crippen LogP contribution < -0.4 is 4.72 Å². The smallest absolute Gasteiger partial charge is 0.229 e. The van der Waals surface area contributed by atoms with Crippen molar-refractivity contribution in [3.05, 3.63) is 29.8 Å². The van der Waals surface area contributed by atoms with Crippen LogP contribution in [-0.4, -0.2) is 62.6 Å². The second-order valence-corrected chi connectivity index (χ2v) is 9.62. The van der Waals surface area contributed by atoms with Crippen LogP contribution in [0.5, 0.6) is 0 Å². The summed E-state index contributed by atoms with van der Waals surface area (Å²) in [7, 11) is -1.47. The van der Waals surface area contributed by atoms with Crippen molar-refractivity contribution in [3.63, 3.8) is 0 Å². The Bertz CT molecular complexity index is 759. The molecule has 2 fully saturated rings. The number of carbonyl (C=O) groups is 1. The van der Waals surface area contributed by atoms with E-state index in [1.807, 2.05) is 24.1 Å². The zero-order valence-corrected chi connectivity index (χ0v) is 17.2. The molecule has 1 aromatic carbocycles. The van der Waals surface area contributed by atoms with Crippen molar-refractivity contribution >= 4 is 21.6 Å². The van der Waals surface area contributed by atoms with Crippen LogP contribution in [-0.2, 0) is 21.2 Å². The fourth-order valence-corrected chi connectivity index (χ4v) is 5.09. The molecule has 0 radical (unpaired) electrons. The van der Waals surface area contributed by atoms with Gasteiger partial charge in [0.2, 0.25) is 15.9 Å². The highest BCUT2D eigenvalue weighted by molar-refractivity contribution is 7.92. The van der Waals surface area contributed by atoms with Crippen molar-refractivity contribution in [1.82, 2.24) is 9.80 Å². The summed E-state index contributed by atoms with van der Waals surface area (Å²) in [6.45, 7) is 2.29. The normalized spacial score (nSPS) is 23.9. The molecule has 6 nitrogen and oxygen atoms in total. The molecule has 1 aliphatic carbocycles. The minimum Gasteiger partial charge on any atom is -0.341 e. The lowest BCUT2D eigenvalue weighted by Crippen LogP contribution is -2.53. The van der Waals surface area contributed by atoms with Gasteiger partial charge in [-0.1, -0.05) is 31.0 Å². The minimum absolute atomic E-state index is 0.0499. The molecule has 0 aromatic heterocycles. The number of sulfonamides is 1. The van der Waals surface area contributed by atoms with Gasteiger partial charge in [0.15, 0.2) is 0 Å². The molecule has 0 bridgehead atoms. The van der Waals surface area contributed by atoms with Crippen LogP contribution >= 0.6 is 0 Å². The number of para-hydroxylation sites is 1. The van der Waals surface area contributed by atoms with Crippen molar-refractivity contribution in [3.8, 4) is 0 Å². The summed E-state index contributed by atoms with van der Waals surface area (Å²) in [5, 5.41) is 0. The average Bonchev–Trinajstić information content (AvgIpc) is 3.16. The number of hydrogen-bond acceptors (Lipinski definition) is 4. The summed E-state index contributed by atoms with van der Waals surface area (Å²) in [5.74, 6) is 0.0499. The minimum atomic E-state index is -3.38. The molecule has 1 saturated carbocycles. The van der Waals surface area contributed by atoms with Crippen molar-refractivity contribution in [1.29, 1.82) is 0 Å². The fraction of sp³-hybridized carbons (Fsp3) is 0.650. The molecular formula is C20H31N3O3S. The lowest BCUT2D eigenvalue weighted by molar-refractivity contribution is -0.133. The molecule has 1 N–H and O–H groups in total. The topological polar surface area (TPSA) is 69.7 Å². The number of hydrogen-bond donors (Lipinski definition) is 1. The predicted molar refractivity (Wildman–Crippen MR) is 108 cm³/mol.